The largest absolute Gasteiger partial charge is 0.426 e. The van der Waals surface area contributed by atoms with Crippen LogP contribution in [0.25, 0.3) is 0 Å². The minimum Gasteiger partial charge on any atom is -0.426 e. The van der Waals surface area contributed by atoms with Gasteiger partial charge in [-0.1, -0.05) is 27.7 Å². The van der Waals surface area contributed by atoms with Crippen molar-refractivity contribution in [2.24, 2.45) is 11.8 Å². The Kier molecular flexibility index (Phi) is 7.10. The van der Waals surface area contributed by atoms with Crippen LogP contribution in [0.15, 0.2) is 42.5 Å². The average Bonchev–Trinajstić information content (AvgIpc) is 2.68. The molecule has 0 spiro atoms. The van der Waals surface area contributed by atoms with Gasteiger partial charge in [0.1, 0.15) is 11.8 Å². The van der Waals surface area contributed by atoms with E-state index in [-0.39, 0.29) is 40.4 Å². The molecule has 0 radical (unpaired) electrons. The Balaban J connectivity index is 2.16. The van der Waals surface area contributed by atoms with E-state index in [1.54, 1.807) is 39.8 Å². The smallest absolute Gasteiger partial charge is 0.343 e. The summed E-state index contributed by atoms with van der Waals surface area (Å²) < 4.78 is 10.5. The highest BCUT2D eigenvalue weighted by atomic mass is 16.5. The summed E-state index contributed by atoms with van der Waals surface area (Å²) in [6, 6.07) is 12.3. The molecular weight excluding hydrogens is 372 g/mol. The van der Waals surface area contributed by atoms with E-state index in [4.69, 9.17) is 9.47 Å². The predicted octanol–water partition coefficient (Wildman–Crippen LogP) is 3.93. The number of amides is 1. The van der Waals surface area contributed by atoms with Crippen molar-refractivity contribution < 1.29 is 23.9 Å². The topological polar surface area (TPSA) is 105 Å². The molecule has 29 heavy (non-hydrogen) atoms. The SMILES string of the molecule is CC(C)C(=O)Nc1ccc(C(=O)Oc2cc(OC(=O)C(C)C)ccc2C#N)cc1. The van der Waals surface area contributed by atoms with Crippen LogP contribution in [0.2, 0.25) is 0 Å². The van der Waals surface area contributed by atoms with Crippen molar-refractivity contribution in [1.82, 2.24) is 0 Å². The molecule has 2 aromatic rings. The average molecular weight is 394 g/mol. The summed E-state index contributed by atoms with van der Waals surface area (Å²) >= 11 is 0. The quantitative estimate of drug-likeness (QED) is 0.588. The molecule has 0 bridgehead atoms. The summed E-state index contributed by atoms with van der Waals surface area (Å²) in [7, 11) is 0. The molecule has 0 aliphatic rings. The summed E-state index contributed by atoms with van der Waals surface area (Å²) in [5.41, 5.74) is 0.921. The number of esters is 2. The number of rotatable bonds is 6. The lowest BCUT2D eigenvalue weighted by Gasteiger charge is -2.11. The molecule has 7 heteroatoms. The first kappa shape index (κ1) is 21.6. The third-order valence-electron chi connectivity index (χ3n) is 3.88. The van der Waals surface area contributed by atoms with Crippen LogP contribution in [-0.2, 0) is 9.59 Å². The van der Waals surface area contributed by atoms with Crippen LogP contribution in [-0.4, -0.2) is 17.8 Å². The van der Waals surface area contributed by atoms with E-state index in [0.29, 0.717) is 5.69 Å². The van der Waals surface area contributed by atoms with Gasteiger partial charge in [0.15, 0.2) is 5.75 Å². The van der Waals surface area contributed by atoms with E-state index < -0.39 is 11.9 Å². The predicted molar refractivity (Wildman–Crippen MR) is 106 cm³/mol. The van der Waals surface area contributed by atoms with Gasteiger partial charge >= 0.3 is 11.9 Å². The standard InChI is InChI=1S/C22H22N2O5/c1-13(2)20(25)24-17-8-5-15(6-9-17)22(27)29-19-11-18(10-7-16(19)12-23)28-21(26)14(3)4/h5-11,13-14H,1-4H3,(H,24,25). The fourth-order valence-corrected chi connectivity index (χ4v) is 2.11. The van der Waals surface area contributed by atoms with Gasteiger partial charge in [-0.3, -0.25) is 9.59 Å². The van der Waals surface area contributed by atoms with Crippen LogP contribution >= 0.6 is 0 Å². The summed E-state index contributed by atoms with van der Waals surface area (Å²) in [5, 5.41) is 12.0. The Morgan fingerprint density at radius 2 is 1.59 bits per heavy atom. The first-order chi connectivity index (χ1) is 13.7. The molecule has 0 aliphatic heterocycles. The minimum absolute atomic E-state index is 0.0104. The molecule has 1 N–H and O–H groups in total. The maximum atomic E-state index is 12.4. The molecule has 0 fully saturated rings. The van der Waals surface area contributed by atoms with Crippen molar-refractivity contribution in [2.45, 2.75) is 27.7 Å². The monoisotopic (exact) mass is 394 g/mol. The Bertz CT molecular complexity index is 956. The maximum absolute atomic E-state index is 12.4. The summed E-state index contributed by atoms with van der Waals surface area (Å²) in [5.74, 6) is -1.58. The number of nitrogens with one attached hydrogen (secondary N) is 1. The Morgan fingerprint density at radius 3 is 2.14 bits per heavy atom. The van der Waals surface area contributed by atoms with Crippen molar-refractivity contribution in [3.05, 3.63) is 53.6 Å². The Labute approximate surface area is 169 Å². The van der Waals surface area contributed by atoms with Crippen LogP contribution in [0.5, 0.6) is 11.5 Å². The zero-order valence-electron chi connectivity index (χ0n) is 16.7. The van der Waals surface area contributed by atoms with Gasteiger partial charge in [-0.15, -0.1) is 0 Å². The molecule has 0 atom stereocenters. The van der Waals surface area contributed by atoms with Crippen LogP contribution < -0.4 is 14.8 Å². The van der Waals surface area contributed by atoms with Crippen LogP contribution in [0.1, 0.15) is 43.6 Å². The number of nitrogens with zero attached hydrogens (tertiary/aromatic N) is 1. The summed E-state index contributed by atoms with van der Waals surface area (Å²) in [4.78, 5) is 35.9. The minimum atomic E-state index is -0.685. The van der Waals surface area contributed by atoms with E-state index in [1.807, 2.05) is 6.07 Å². The molecule has 0 aliphatic carbocycles. The molecule has 0 saturated heterocycles. The van der Waals surface area contributed by atoms with Crippen molar-refractivity contribution in [3.63, 3.8) is 0 Å². The third-order valence-corrected chi connectivity index (χ3v) is 3.88. The fraction of sp³-hybridized carbons (Fsp3) is 0.273. The van der Waals surface area contributed by atoms with E-state index in [1.165, 1.54) is 30.3 Å². The molecule has 0 unspecified atom stereocenters. The zero-order valence-corrected chi connectivity index (χ0v) is 16.7. The molecule has 150 valence electrons. The number of hydrogen-bond acceptors (Lipinski definition) is 6. The second kappa shape index (κ2) is 9.51. The molecule has 1 amide bonds. The number of anilines is 1. The molecule has 0 saturated carbocycles. The van der Waals surface area contributed by atoms with Gasteiger partial charge in [-0.05, 0) is 36.4 Å². The third kappa shape index (κ3) is 5.91. The Hall–Kier alpha value is -3.66. The van der Waals surface area contributed by atoms with Gasteiger partial charge in [0, 0.05) is 17.7 Å². The zero-order chi connectivity index (χ0) is 21.6. The van der Waals surface area contributed by atoms with E-state index in [2.05, 4.69) is 5.32 Å². The number of carbonyl (C=O) groups excluding carboxylic acids is 3. The van der Waals surface area contributed by atoms with E-state index in [0.717, 1.165) is 0 Å². The van der Waals surface area contributed by atoms with Crippen molar-refractivity contribution in [1.29, 1.82) is 5.26 Å². The second-order valence-electron chi connectivity index (χ2n) is 6.96. The van der Waals surface area contributed by atoms with Gasteiger partial charge in [0.05, 0.1) is 17.0 Å². The van der Waals surface area contributed by atoms with Gasteiger partial charge < -0.3 is 14.8 Å². The van der Waals surface area contributed by atoms with Crippen LogP contribution in [0.4, 0.5) is 5.69 Å². The van der Waals surface area contributed by atoms with Gasteiger partial charge in [-0.2, -0.15) is 5.26 Å². The highest BCUT2D eigenvalue weighted by Crippen LogP contribution is 2.26. The van der Waals surface area contributed by atoms with Gasteiger partial charge in [0.25, 0.3) is 0 Å². The van der Waals surface area contributed by atoms with Gasteiger partial charge in [0.2, 0.25) is 5.91 Å². The molecule has 0 aromatic heterocycles. The summed E-state index contributed by atoms with van der Waals surface area (Å²) in [6.07, 6.45) is 0. The lowest BCUT2D eigenvalue weighted by atomic mass is 10.1. The normalized spacial score (nSPS) is 10.4. The number of ether oxygens (including phenoxy) is 2. The van der Waals surface area contributed by atoms with E-state index >= 15 is 0 Å². The number of hydrogen-bond donors (Lipinski definition) is 1. The first-order valence-electron chi connectivity index (χ1n) is 9.10. The van der Waals surface area contributed by atoms with E-state index in [9.17, 15) is 19.6 Å². The molecule has 0 heterocycles. The molecule has 2 aromatic carbocycles. The number of carbonyl (C=O) groups is 3. The lowest BCUT2D eigenvalue weighted by molar-refractivity contribution is -0.137. The molecular formula is C22H22N2O5. The van der Waals surface area contributed by atoms with Crippen molar-refractivity contribution >= 4 is 23.5 Å². The van der Waals surface area contributed by atoms with Crippen molar-refractivity contribution in [2.75, 3.05) is 5.32 Å². The second-order valence-corrected chi connectivity index (χ2v) is 6.96. The van der Waals surface area contributed by atoms with Crippen LogP contribution in [0.3, 0.4) is 0 Å². The lowest BCUT2D eigenvalue weighted by Crippen LogP contribution is -2.17. The number of benzene rings is 2. The van der Waals surface area contributed by atoms with Crippen molar-refractivity contribution in [3.8, 4) is 17.6 Å². The van der Waals surface area contributed by atoms with Gasteiger partial charge in [-0.25, -0.2) is 4.79 Å². The highest BCUT2D eigenvalue weighted by molar-refractivity contribution is 5.94. The summed E-state index contributed by atoms with van der Waals surface area (Å²) in [6.45, 7) is 6.95. The molecule has 7 nitrogen and oxygen atoms in total. The van der Waals surface area contributed by atoms with Crippen LogP contribution in [0, 0.1) is 23.2 Å². The number of nitriles is 1. The maximum Gasteiger partial charge on any atom is 0.343 e. The Morgan fingerprint density at radius 1 is 0.931 bits per heavy atom. The highest BCUT2D eigenvalue weighted by Gasteiger charge is 2.16. The molecule has 2 rings (SSSR count). The fourth-order valence-electron chi connectivity index (χ4n) is 2.11. The first-order valence-corrected chi connectivity index (χ1v) is 9.10.